The zero-order valence-electron chi connectivity index (χ0n) is 9.90. The van der Waals surface area contributed by atoms with Crippen molar-refractivity contribution >= 4 is 5.91 Å². The van der Waals surface area contributed by atoms with Gasteiger partial charge in [-0.25, -0.2) is 5.43 Å². The van der Waals surface area contributed by atoms with Crippen molar-refractivity contribution in [2.24, 2.45) is 11.3 Å². The van der Waals surface area contributed by atoms with E-state index in [-0.39, 0.29) is 17.4 Å². The molecule has 0 saturated carbocycles. The molecule has 3 heteroatoms. The molecule has 2 unspecified atom stereocenters. The van der Waals surface area contributed by atoms with Crippen molar-refractivity contribution in [3.05, 3.63) is 0 Å². The second-order valence-electron chi connectivity index (χ2n) is 5.81. The first-order valence-corrected chi connectivity index (χ1v) is 5.32. The fourth-order valence-corrected chi connectivity index (χ4v) is 1.62. The molecule has 1 amide bonds. The number of amides is 1. The third-order valence-electron chi connectivity index (χ3n) is 3.21. The quantitative estimate of drug-likeness (QED) is 0.711. The zero-order chi connectivity index (χ0) is 11.0. The fourth-order valence-electron chi connectivity index (χ4n) is 1.62. The van der Waals surface area contributed by atoms with Crippen LogP contribution in [0.15, 0.2) is 0 Å². The molecule has 3 nitrogen and oxygen atoms in total. The van der Waals surface area contributed by atoms with Crippen molar-refractivity contribution in [3.63, 3.8) is 0 Å². The highest BCUT2D eigenvalue weighted by atomic mass is 16.2. The molecule has 14 heavy (non-hydrogen) atoms. The van der Waals surface area contributed by atoms with Gasteiger partial charge in [0.15, 0.2) is 0 Å². The summed E-state index contributed by atoms with van der Waals surface area (Å²) >= 11 is 0. The molecule has 1 heterocycles. The van der Waals surface area contributed by atoms with Crippen molar-refractivity contribution in [2.45, 2.75) is 53.0 Å². The fraction of sp³-hybridized carbons (Fsp3) is 0.909. The van der Waals surface area contributed by atoms with Gasteiger partial charge in [0.25, 0.3) is 0 Å². The van der Waals surface area contributed by atoms with E-state index in [0.717, 1.165) is 12.8 Å². The van der Waals surface area contributed by atoms with Crippen LogP contribution in [0.5, 0.6) is 0 Å². The van der Waals surface area contributed by atoms with Gasteiger partial charge in [-0.05, 0) is 25.2 Å². The van der Waals surface area contributed by atoms with E-state index >= 15 is 0 Å². The van der Waals surface area contributed by atoms with E-state index in [1.807, 2.05) is 6.92 Å². The SMILES string of the molecule is CC1C(=O)NNC1(C)CCC(C)(C)C. The van der Waals surface area contributed by atoms with E-state index in [4.69, 9.17) is 0 Å². The normalized spacial score (nSPS) is 33.2. The smallest absolute Gasteiger partial charge is 0.238 e. The molecule has 0 spiro atoms. The summed E-state index contributed by atoms with van der Waals surface area (Å²) < 4.78 is 0. The average Bonchev–Trinajstić information content (AvgIpc) is 2.30. The maximum absolute atomic E-state index is 11.3. The van der Waals surface area contributed by atoms with Crippen LogP contribution in [0.2, 0.25) is 0 Å². The third-order valence-corrected chi connectivity index (χ3v) is 3.21. The molecular weight excluding hydrogens is 176 g/mol. The molecule has 0 aromatic heterocycles. The first-order valence-electron chi connectivity index (χ1n) is 5.32. The van der Waals surface area contributed by atoms with Crippen LogP contribution in [0.4, 0.5) is 0 Å². The zero-order valence-corrected chi connectivity index (χ0v) is 9.90. The van der Waals surface area contributed by atoms with Gasteiger partial charge in [-0.15, -0.1) is 0 Å². The van der Waals surface area contributed by atoms with Crippen molar-refractivity contribution in [3.8, 4) is 0 Å². The molecule has 1 fully saturated rings. The van der Waals surface area contributed by atoms with Gasteiger partial charge in [-0.3, -0.25) is 10.2 Å². The summed E-state index contributed by atoms with van der Waals surface area (Å²) in [7, 11) is 0. The second kappa shape index (κ2) is 3.54. The molecular formula is C11H22N2O. The Labute approximate surface area is 86.6 Å². The van der Waals surface area contributed by atoms with E-state index in [2.05, 4.69) is 38.5 Å². The molecule has 1 aliphatic rings. The summed E-state index contributed by atoms with van der Waals surface area (Å²) in [6, 6.07) is 0. The Balaban J connectivity index is 2.55. The Kier molecular flexibility index (Phi) is 2.91. The summed E-state index contributed by atoms with van der Waals surface area (Å²) in [6.07, 6.45) is 2.15. The number of hydrogen-bond acceptors (Lipinski definition) is 2. The predicted octanol–water partition coefficient (Wildman–Crippen LogP) is 1.84. The number of nitrogens with one attached hydrogen (secondary N) is 2. The summed E-state index contributed by atoms with van der Waals surface area (Å²) in [6.45, 7) is 10.8. The van der Waals surface area contributed by atoms with Crippen LogP contribution in [0.1, 0.15) is 47.5 Å². The van der Waals surface area contributed by atoms with Crippen LogP contribution in [-0.2, 0) is 4.79 Å². The lowest BCUT2D eigenvalue weighted by molar-refractivity contribution is -0.122. The van der Waals surface area contributed by atoms with Gasteiger partial charge in [-0.1, -0.05) is 27.7 Å². The molecule has 1 aliphatic heterocycles. The summed E-state index contributed by atoms with van der Waals surface area (Å²) in [5, 5.41) is 0. The highest BCUT2D eigenvalue weighted by Gasteiger charge is 2.41. The van der Waals surface area contributed by atoms with Gasteiger partial charge in [0.2, 0.25) is 5.91 Å². The first kappa shape index (κ1) is 11.5. The summed E-state index contributed by atoms with van der Waals surface area (Å²) in [5.74, 6) is 0.172. The minimum Gasteiger partial charge on any atom is -0.291 e. The molecule has 0 aromatic carbocycles. The molecule has 1 saturated heterocycles. The lowest BCUT2D eigenvalue weighted by Crippen LogP contribution is -2.44. The van der Waals surface area contributed by atoms with E-state index in [1.54, 1.807) is 0 Å². The molecule has 82 valence electrons. The van der Waals surface area contributed by atoms with Crippen LogP contribution >= 0.6 is 0 Å². The van der Waals surface area contributed by atoms with Gasteiger partial charge in [0, 0.05) is 5.54 Å². The largest absolute Gasteiger partial charge is 0.291 e. The number of hydrazine groups is 1. The lowest BCUT2D eigenvalue weighted by atomic mass is 9.79. The molecule has 2 N–H and O–H groups in total. The van der Waals surface area contributed by atoms with E-state index in [9.17, 15) is 4.79 Å². The topological polar surface area (TPSA) is 41.1 Å². The van der Waals surface area contributed by atoms with Crippen LogP contribution in [0, 0.1) is 11.3 Å². The van der Waals surface area contributed by atoms with Gasteiger partial charge in [-0.2, -0.15) is 0 Å². The lowest BCUT2D eigenvalue weighted by Gasteiger charge is -2.30. The maximum Gasteiger partial charge on any atom is 0.238 e. The Hall–Kier alpha value is -0.570. The summed E-state index contributed by atoms with van der Waals surface area (Å²) in [5.41, 5.74) is 6.06. The Bertz CT molecular complexity index is 232. The van der Waals surface area contributed by atoms with E-state index in [1.165, 1.54) is 0 Å². The van der Waals surface area contributed by atoms with Crippen LogP contribution in [0.3, 0.4) is 0 Å². The second-order valence-corrected chi connectivity index (χ2v) is 5.81. The Morgan fingerprint density at radius 2 is 2.00 bits per heavy atom. The number of hydrogen-bond donors (Lipinski definition) is 2. The Morgan fingerprint density at radius 3 is 2.36 bits per heavy atom. The van der Waals surface area contributed by atoms with Gasteiger partial charge < -0.3 is 0 Å². The number of rotatable bonds is 2. The van der Waals surface area contributed by atoms with Crippen molar-refractivity contribution in [1.82, 2.24) is 10.9 Å². The summed E-state index contributed by atoms with van der Waals surface area (Å²) in [4.78, 5) is 11.3. The molecule has 0 radical (unpaired) electrons. The van der Waals surface area contributed by atoms with E-state index in [0.29, 0.717) is 5.41 Å². The van der Waals surface area contributed by atoms with Crippen LogP contribution in [0.25, 0.3) is 0 Å². The Morgan fingerprint density at radius 1 is 1.43 bits per heavy atom. The predicted molar refractivity (Wildman–Crippen MR) is 57.5 cm³/mol. The van der Waals surface area contributed by atoms with Gasteiger partial charge in [0.05, 0.1) is 5.92 Å². The molecule has 1 rings (SSSR count). The van der Waals surface area contributed by atoms with E-state index < -0.39 is 0 Å². The third kappa shape index (κ3) is 2.47. The number of carbonyl (C=O) groups excluding carboxylic acids is 1. The van der Waals surface area contributed by atoms with Gasteiger partial charge in [0.1, 0.15) is 0 Å². The van der Waals surface area contributed by atoms with Crippen molar-refractivity contribution in [1.29, 1.82) is 0 Å². The van der Waals surface area contributed by atoms with Crippen molar-refractivity contribution in [2.75, 3.05) is 0 Å². The molecule has 0 aliphatic carbocycles. The average molecular weight is 198 g/mol. The minimum atomic E-state index is -0.0790. The maximum atomic E-state index is 11.3. The van der Waals surface area contributed by atoms with Crippen LogP contribution < -0.4 is 10.9 Å². The molecule has 2 atom stereocenters. The standard InChI is InChI=1S/C11H22N2O/c1-8-9(14)12-13-11(8,5)7-6-10(2,3)4/h8,13H,6-7H2,1-5H3,(H,12,14). The number of carbonyl (C=O) groups is 1. The van der Waals surface area contributed by atoms with Crippen molar-refractivity contribution < 1.29 is 4.79 Å². The molecule has 0 aromatic rings. The highest BCUT2D eigenvalue weighted by Crippen LogP contribution is 2.31. The molecule has 0 bridgehead atoms. The minimum absolute atomic E-state index is 0.0600. The first-order chi connectivity index (χ1) is 6.25. The monoisotopic (exact) mass is 198 g/mol. The highest BCUT2D eigenvalue weighted by molar-refractivity contribution is 5.81. The van der Waals surface area contributed by atoms with Gasteiger partial charge >= 0.3 is 0 Å². The van der Waals surface area contributed by atoms with Crippen LogP contribution in [-0.4, -0.2) is 11.4 Å².